The molecule has 220 valence electrons. The summed E-state index contributed by atoms with van der Waals surface area (Å²) in [6.07, 6.45) is 0.490. The molecule has 14 nitrogen and oxygen atoms in total. The van der Waals surface area contributed by atoms with E-state index in [1.165, 1.54) is 33.3 Å². The second kappa shape index (κ2) is 11.4. The fraction of sp³-hybridized carbons (Fsp3) is 0.346. The molecule has 3 heterocycles. The van der Waals surface area contributed by atoms with Crippen LogP contribution in [0.5, 0.6) is 0 Å². The lowest BCUT2D eigenvalue weighted by atomic mass is 9.99. The molecule has 2 saturated heterocycles. The molecule has 2 fully saturated rings. The van der Waals surface area contributed by atoms with Crippen LogP contribution in [0.3, 0.4) is 0 Å². The van der Waals surface area contributed by atoms with E-state index in [-0.39, 0.29) is 44.4 Å². The summed E-state index contributed by atoms with van der Waals surface area (Å²) in [6.45, 7) is -0.195. The largest absolute Gasteiger partial charge is 0.375 e. The highest BCUT2D eigenvalue weighted by molar-refractivity contribution is 7.92. The van der Waals surface area contributed by atoms with Gasteiger partial charge < -0.3 is 20.9 Å². The van der Waals surface area contributed by atoms with E-state index in [2.05, 4.69) is 15.0 Å². The van der Waals surface area contributed by atoms with Crippen molar-refractivity contribution < 1.29 is 22.8 Å². The van der Waals surface area contributed by atoms with E-state index in [9.17, 15) is 28.1 Å². The zero-order valence-corrected chi connectivity index (χ0v) is 24.5. The van der Waals surface area contributed by atoms with Crippen molar-refractivity contribution in [3.63, 3.8) is 0 Å². The van der Waals surface area contributed by atoms with Crippen molar-refractivity contribution in [2.45, 2.75) is 25.2 Å². The first-order chi connectivity index (χ1) is 20.0. The molecule has 0 saturated carbocycles. The first-order valence-corrected chi connectivity index (χ1v) is 15.6. The summed E-state index contributed by atoms with van der Waals surface area (Å²) in [4.78, 5) is 47.7. The van der Waals surface area contributed by atoms with Gasteiger partial charge in [-0.25, -0.2) is 23.2 Å². The van der Waals surface area contributed by atoms with Gasteiger partial charge in [0.25, 0.3) is 0 Å². The standard InChI is InChI=1S/C26H29N9O5S2/c1-29-26(38)33(11-10-27)34-15-22(36)35-19(12-16-6-8-18(9-7-16)31-42(2,39)40)24(37)32(14-21(34)35)13-17-4-3-5-20-23(17)30-25(28)41-20/h3-9,19,21,31H,11-15H2,1-2H3,(H2,28,30)(H,29,38)/t19-,21+/m0/s1. The molecule has 42 heavy (non-hydrogen) atoms. The van der Waals surface area contributed by atoms with Crippen LogP contribution in [0, 0.1) is 11.3 Å². The summed E-state index contributed by atoms with van der Waals surface area (Å²) in [5.74, 6) is -0.638. The molecule has 2 aromatic carbocycles. The Morgan fingerprint density at radius 3 is 2.64 bits per heavy atom. The van der Waals surface area contributed by atoms with Gasteiger partial charge in [0.1, 0.15) is 18.8 Å². The third kappa shape index (κ3) is 5.79. The number of anilines is 2. The fourth-order valence-electron chi connectivity index (χ4n) is 5.37. The van der Waals surface area contributed by atoms with Gasteiger partial charge in [-0.1, -0.05) is 35.6 Å². The van der Waals surface area contributed by atoms with Gasteiger partial charge in [0, 0.05) is 25.7 Å². The number of hydrogen-bond acceptors (Lipinski definition) is 10. The zero-order valence-electron chi connectivity index (χ0n) is 22.9. The molecule has 0 bridgehead atoms. The Hall–Kier alpha value is -4.46. The molecule has 4 N–H and O–H groups in total. The molecule has 0 radical (unpaired) electrons. The lowest BCUT2D eigenvalue weighted by molar-refractivity contribution is -0.157. The first-order valence-electron chi connectivity index (χ1n) is 12.9. The zero-order chi connectivity index (χ0) is 30.2. The second-order valence-electron chi connectivity index (χ2n) is 9.98. The first kappa shape index (κ1) is 29.0. The van der Waals surface area contributed by atoms with Crippen molar-refractivity contribution in [1.82, 2.24) is 30.1 Å². The highest BCUT2D eigenvalue weighted by Crippen LogP contribution is 2.32. The number of carbonyl (C=O) groups excluding carboxylic acids is 3. The minimum atomic E-state index is -3.47. The molecule has 4 amide bonds. The van der Waals surface area contributed by atoms with E-state index < -0.39 is 28.3 Å². The number of thiazole rings is 1. The molecule has 5 rings (SSSR count). The van der Waals surface area contributed by atoms with Crippen molar-refractivity contribution in [2.24, 2.45) is 0 Å². The number of nitriles is 1. The van der Waals surface area contributed by atoms with Gasteiger partial charge in [0.2, 0.25) is 21.8 Å². The van der Waals surface area contributed by atoms with Crippen LogP contribution >= 0.6 is 11.3 Å². The van der Waals surface area contributed by atoms with Crippen molar-refractivity contribution in [1.29, 1.82) is 5.26 Å². The number of hydrogen-bond donors (Lipinski definition) is 3. The molecule has 1 aromatic heterocycles. The quantitative estimate of drug-likeness (QED) is 0.309. The number of nitrogens with zero attached hydrogens (tertiary/aromatic N) is 6. The van der Waals surface area contributed by atoms with Crippen LogP contribution in [0.4, 0.5) is 15.6 Å². The van der Waals surface area contributed by atoms with E-state index in [1.54, 1.807) is 29.2 Å². The number of carbonyl (C=O) groups is 3. The number of nitrogens with two attached hydrogens (primary N) is 1. The molecule has 0 aliphatic carbocycles. The Labute approximate surface area is 246 Å². The van der Waals surface area contributed by atoms with Crippen molar-refractivity contribution in [2.75, 3.05) is 43.4 Å². The lowest BCUT2D eigenvalue weighted by Gasteiger charge is -2.46. The van der Waals surface area contributed by atoms with Gasteiger partial charge in [0.05, 0.1) is 35.6 Å². The monoisotopic (exact) mass is 611 g/mol. The molecule has 2 aliphatic heterocycles. The van der Waals surface area contributed by atoms with Crippen LogP contribution in [-0.2, 0) is 32.6 Å². The minimum Gasteiger partial charge on any atom is -0.375 e. The van der Waals surface area contributed by atoms with Crippen molar-refractivity contribution in [3.05, 3.63) is 53.6 Å². The maximum Gasteiger partial charge on any atom is 0.332 e. The molecule has 3 aromatic rings. The van der Waals surface area contributed by atoms with Crippen LogP contribution in [0.1, 0.15) is 11.1 Å². The van der Waals surface area contributed by atoms with Gasteiger partial charge >= 0.3 is 6.03 Å². The topological polar surface area (TPSA) is 185 Å². The number of fused-ring (bicyclic) bond motifs is 2. The number of aromatic nitrogens is 1. The number of amides is 4. The van der Waals surface area contributed by atoms with Gasteiger partial charge in [-0.3, -0.25) is 14.3 Å². The van der Waals surface area contributed by atoms with E-state index in [1.807, 2.05) is 24.3 Å². The van der Waals surface area contributed by atoms with Crippen LogP contribution in [-0.4, -0.2) is 96.2 Å². The summed E-state index contributed by atoms with van der Waals surface area (Å²) in [6, 6.07) is 12.7. The van der Waals surface area contributed by atoms with Crippen molar-refractivity contribution >= 4 is 60.2 Å². The van der Waals surface area contributed by atoms with Gasteiger partial charge in [-0.2, -0.15) is 10.3 Å². The van der Waals surface area contributed by atoms with E-state index in [0.717, 1.165) is 16.5 Å². The number of piperazine rings is 1. The normalized spacial score (nSPS) is 19.1. The molecule has 16 heteroatoms. The number of benzene rings is 2. The SMILES string of the molecule is CNC(=O)N(CC#N)N1CC(=O)N2[C@@H](Cc3ccc(NS(C)(=O)=O)cc3)C(=O)N(Cc3cccc4sc(N)nc34)C[C@@H]21. The van der Waals surface area contributed by atoms with Gasteiger partial charge in [0.15, 0.2) is 5.13 Å². The molecule has 2 atom stereocenters. The van der Waals surface area contributed by atoms with Gasteiger partial charge in [-0.15, -0.1) is 0 Å². The maximum absolute atomic E-state index is 14.0. The van der Waals surface area contributed by atoms with E-state index in [4.69, 9.17) is 5.73 Å². The summed E-state index contributed by atoms with van der Waals surface area (Å²) in [5.41, 5.74) is 8.49. The third-order valence-electron chi connectivity index (χ3n) is 7.11. The number of hydrazine groups is 1. The second-order valence-corrected chi connectivity index (χ2v) is 12.8. The van der Waals surface area contributed by atoms with Crippen molar-refractivity contribution in [3.8, 4) is 6.07 Å². The Bertz CT molecular complexity index is 1690. The Balaban J connectivity index is 1.50. The number of nitrogens with one attached hydrogen (secondary N) is 2. The maximum atomic E-state index is 14.0. The predicted octanol–water partition coefficient (Wildman–Crippen LogP) is 0.754. The van der Waals surface area contributed by atoms with E-state index in [0.29, 0.717) is 21.9 Å². The number of urea groups is 1. The highest BCUT2D eigenvalue weighted by atomic mass is 32.2. The van der Waals surface area contributed by atoms with E-state index >= 15 is 0 Å². The van der Waals surface area contributed by atoms with Gasteiger partial charge in [-0.05, 0) is 29.3 Å². The molecular formula is C26H29N9O5S2. The number of para-hydroxylation sites is 1. The minimum absolute atomic E-state index is 0.0905. The summed E-state index contributed by atoms with van der Waals surface area (Å²) >= 11 is 1.34. The molecule has 0 spiro atoms. The van der Waals surface area contributed by atoms with Crippen LogP contribution in [0.2, 0.25) is 0 Å². The summed E-state index contributed by atoms with van der Waals surface area (Å²) in [7, 11) is -2.03. The fourth-order valence-corrected chi connectivity index (χ4v) is 6.71. The molecular weight excluding hydrogens is 582 g/mol. The predicted molar refractivity (Wildman–Crippen MR) is 156 cm³/mol. The average molecular weight is 612 g/mol. The highest BCUT2D eigenvalue weighted by Gasteiger charge is 2.52. The van der Waals surface area contributed by atoms with Crippen LogP contribution < -0.4 is 15.8 Å². The average Bonchev–Trinajstić information content (AvgIpc) is 3.48. The van der Waals surface area contributed by atoms with Crippen LogP contribution in [0.15, 0.2) is 42.5 Å². The lowest BCUT2D eigenvalue weighted by Crippen LogP contribution is -2.66. The summed E-state index contributed by atoms with van der Waals surface area (Å²) in [5, 5.41) is 15.0. The molecule has 2 aliphatic rings. The number of sulfonamides is 1. The van der Waals surface area contributed by atoms with Crippen LogP contribution in [0.25, 0.3) is 10.2 Å². The third-order valence-corrected chi connectivity index (χ3v) is 8.57. The Kier molecular flexibility index (Phi) is 7.91. The Morgan fingerprint density at radius 2 is 1.98 bits per heavy atom. The Morgan fingerprint density at radius 1 is 1.24 bits per heavy atom. The smallest absolute Gasteiger partial charge is 0.332 e. The number of nitrogen functional groups attached to an aromatic ring is 1. The summed E-state index contributed by atoms with van der Waals surface area (Å²) < 4.78 is 26.5. The number of rotatable bonds is 8. The molecule has 0 unspecified atom stereocenters.